The number of ether oxygens (including phenoxy) is 1. The van der Waals surface area contributed by atoms with Gasteiger partial charge in [0.1, 0.15) is 5.75 Å². The summed E-state index contributed by atoms with van der Waals surface area (Å²) in [6, 6.07) is 3.80. The average molecular weight is 211 g/mol. The second-order valence-electron chi connectivity index (χ2n) is 2.68. The first-order valence-corrected chi connectivity index (χ1v) is 5.09. The molecule has 0 aliphatic heterocycles. The van der Waals surface area contributed by atoms with E-state index < -0.39 is 0 Å². The van der Waals surface area contributed by atoms with Gasteiger partial charge in [-0.15, -0.1) is 24.0 Å². The first-order chi connectivity index (χ1) is 6.24. The first-order valence-electron chi connectivity index (χ1n) is 3.76. The molecule has 1 heterocycles. The van der Waals surface area contributed by atoms with Gasteiger partial charge in [-0.2, -0.15) is 0 Å². The number of nitrogen functional groups attached to an aromatic ring is 1. The Morgan fingerprint density at radius 2 is 2.23 bits per heavy atom. The number of hydrogen-bond acceptors (Lipinski definition) is 4. The summed E-state index contributed by atoms with van der Waals surface area (Å²) in [5, 5.41) is 2.90. The van der Waals surface area contributed by atoms with E-state index in [0.29, 0.717) is 0 Å². The Kier molecular flexibility index (Phi) is 2.09. The Morgan fingerprint density at radius 3 is 2.92 bits per heavy atom. The minimum absolute atomic E-state index is 0.768. The van der Waals surface area contributed by atoms with E-state index in [1.165, 1.54) is 0 Å². The van der Waals surface area contributed by atoms with E-state index in [4.69, 9.17) is 10.5 Å². The number of thiophene rings is 1. The summed E-state index contributed by atoms with van der Waals surface area (Å²) >= 11 is 5.92. The van der Waals surface area contributed by atoms with E-state index in [2.05, 4.69) is 12.6 Å². The van der Waals surface area contributed by atoms with Crippen molar-refractivity contribution in [2.45, 2.75) is 4.90 Å². The van der Waals surface area contributed by atoms with E-state index in [1.807, 2.05) is 17.5 Å². The molecule has 0 saturated carbocycles. The van der Waals surface area contributed by atoms with Gasteiger partial charge in [-0.1, -0.05) is 0 Å². The standard InChI is InChI=1S/C9H9NOS2/c1-11-6-2-3-7(12)8-5(10)4-13-9(6)8/h2-4,12H,10H2,1H3. The van der Waals surface area contributed by atoms with Gasteiger partial charge < -0.3 is 10.5 Å². The molecule has 68 valence electrons. The highest BCUT2D eigenvalue weighted by molar-refractivity contribution is 7.80. The van der Waals surface area contributed by atoms with Crippen molar-refractivity contribution in [2.24, 2.45) is 0 Å². The molecule has 0 saturated heterocycles. The normalized spacial score (nSPS) is 10.6. The van der Waals surface area contributed by atoms with Crippen molar-refractivity contribution in [3.63, 3.8) is 0 Å². The summed E-state index contributed by atoms with van der Waals surface area (Å²) in [4.78, 5) is 0.898. The smallest absolute Gasteiger partial charge is 0.136 e. The van der Waals surface area contributed by atoms with Gasteiger partial charge in [0.25, 0.3) is 0 Å². The van der Waals surface area contributed by atoms with Crippen LogP contribution in [0.5, 0.6) is 5.75 Å². The molecule has 1 aromatic heterocycles. The Labute approximate surface area is 85.7 Å². The highest BCUT2D eigenvalue weighted by atomic mass is 32.1. The van der Waals surface area contributed by atoms with Crippen molar-refractivity contribution in [1.82, 2.24) is 0 Å². The number of nitrogens with two attached hydrogens (primary N) is 1. The van der Waals surface area contributed by atoms with Gasteiger partial charge in [-0.05, 0) is 12.1 Å². The summed E-state index contributed by atoms with van der Waals surface area (Å²) in [5.74, 6) is 0.856. The fraction of sp³-hybridized carbons (Fsp3) is 0.111. The van der Waals surface area contributed by atoms with E-state index >= 15 is 0 Å². The zero-order valence-electron chi connectivity index (χ0n) is 7.07. The van der Waals surface area contributed by atoms with E-state index in [-0.39, 0.29) is 0 Å². The Balaban J connectivity index is 2.87. The van der Waals surface area contributed by atoms with Crippen LogP contribution in [0.1, 0.15) is 0 Å². The van der Waals surface area contributed by atoms with Gasteiger partial charge >= 0.3 is 0 Å². The number of thiol groups is 1. The molecule has 0 spiro atoms. The maximum Gasteiger partial charge on any atom is 0.136 e. The number of benzene rings is 1. The van der Waals surface area contributed by atoms with Crippen molar-refractivity contribution in [3.8, 4) is 5.75 Å². The summed E-state index contributed by atoms with van der Waals surface area (Å²) in [7, 11) is 1.66. The minimum atomic E-state index is 0.768. The fourth-order valence-electron chi connectivity index (χ4n) is 1.29. The molecule has 4 heteroatoms. The Bertz CT molecular complexity index is 450. The third-order valence-corrected chi connectivity index (χ3v) is 3.30. The summed E-state index contributed by atoms with van der Waals surface area (Å²) in [5.41, 5.74) is 6.57. The molecule has 0 aliphatic carbocycles. The molecule has 0 radical (unpaired) electrons. The maximum absolute atomic E-state index is 5.81. The lowest BCUT2D eigenvalue weighted by Gasteiger charge is -2.02. The Morgan fingerprint density at radius 1 is 1.46 bits per heavy atom. The number of anilines is 1. The lowest BCUT2D eigenvalue weighted by Crippen LogP contribution is -1.85. The Hall–Kier alpha value is -0.870. The molecule has 0 atom stereocenters. The largest absolute Gasteiger partial charge is 0.495 e. The fourth-order valence-corrected chi connectivity index (χ4v) is 2.66. The molecule has 0 aliphatic rings. The van der Waals surface area contributed by atoms with Gasteiger partial charge in [0, 0.05) is 15.7 Å². The van der Waals surface area contributed by atoms with Crippen LogP contribution in [0.25, 0.3) is 10.1 Å². The number of rotatable bonds is 1. The predicted molar refractivity (Wildman–Crippen MR) is 60.0 cm³/mol. The van der Waals surface area contributed by atoms with Crippen LogP contribution in [0.4, 0.5) is 5.69 Å². The van der Waals surface area contributed by atoms with Crippen molar-refractivity contribution >= 4 is 39.7 Å². The van der Waals surface area contributed by atoms with Crippen LogP contribution in [0.3, 0.4) is 0 Å². The number of methoxy groups -OCH3 is 1. The first kappa shape index (κ1) is 8.72. The van der Waals surface area contributed by atoms with Gasteiger partial charge in [0.05, 0.1) is 17.5 Å². The molecule has 13 heavy (non-hydrogen) atoms. The van der Waals surface area contributed by atoms with Crippen LogP contribution in [0.2, 0.25) is 0 Å². The molecule has 2 nitrogen and oxygen atoms in total. The van der Waals surface area contributed by atoms with Crippen molar-refractivity contribution < 1.29 is 4.74 Å². The number of hydrogen-bond donors (Lipinski definition) is 2. The average Bonchev–Trinajstić information content (AvgIpc) is 2.50. The van der Waals surface area contributed by atoms with Crippen LogP contribution in [-0.2, 0) is 0 Å². The van der Waals surface area contributed by atoms with Gasteiger partial charge in [0.15, 0.2) is 0 Å². The molecule has 2 rings (SSSR count). The highest BCUT2D eigenvalue weighted by Crippen LogP contribution is 2.38. The molecule has 1 aromatic carbocycles. The van der Waals surface area contributed by atoms with Crippen molar-refractivity contribution in [3.05, 3.63) is 17.5 Å². The van der Waals surface area contributed by atoms with Crippen LogP contribution >= 0.6 is 24.0 Å². The molecular weight excluding hydrogens is 202 g/mol. The quantitative estimate of drug-likeness (QED) is 0.711. The van der Waals surface area contributed by atoms with Crippen LogP contribution in [0, 0.1) is 0 Å². The molecule has 0 bridgehead atoms. The third kappa shape index (κ3) is 1.26. The lowest BCUT2D eigenvalue weighted by atomic mass is 10.2. The zero-order valence-corrected chi connectivity index (χ0v) is 8.78. The van der Waals surface area contributed by atoms with Crippen LogP contribution in [0.15, 0.2) is 22.4 Å². The minimum Gasteiger partial charge on any atom is -0.495 e. The van der Waals surface area contributed by atoms with E-state index in [1.54, 1.807) is 18.4 Å². The molecular formula is C9H9NOS2. The number of fused-ring (bicyclic) bond motifs is 1. The van der Waals surface area contributed by atoms with E-state index in [9.17, 15) is 0 Å². The van der Waals surface area contributed by atoms with Crippen molar-refractivity contribution in [2.75, 3.05) is 12.8 Å². The molecule has 0 amide bonds. The summed E-state index contributed by atoms with van der Waals surface area (Å²) < 4.78 is 6.28. The zero-order chi connectivity index (χ0) is 9.42. The maximum atomic E-state index is 5.81. The summed E-state index contributed by atoms with van der Waals surface area (Å²) in [6.07, 6.45) is 0. The summed E-state index contributed by atoms with van der Waals surface area (Å²) in [6.45, 7) is 0. The van der Waals surface area contributed by atoms with Crippen molar-refractivity contribution in [1.29, 1.82) is 0 Å². The second-order valence-corrected chi connectivity index (χ2v) is 4.04. The molecule has 2 N–H and O–H groups in total. The van der Waals surface area contributed by atoms with Crippen LogP contribution < -0.4 is 10.5 Å². The molecule has 0 unspecified atom stereocenters. The molecule has 2 aromatic rings. The van der Waals surface area contributed by atoms with E-state index in [0.717, 1.165) is 26.4 Å². The topological polar surface area (TPSA) is 35.2 Å². The molecule has 0 fully saturated rings. The van der Waals surface area contributed by atoms with Gasteiger partial charge in [-0.3, -0.25) is 0 Å². The highest BCUT2D eigenvalue weighted by Gasteiger charge is 2.08. The van der Waals surface area contributed by atoms with Crippen LogP contribution in [-0.4, -0.2) is 7.11 Å². The monoisotopic (exact) mass is 211 g/mol. The van der Waals surface area contributed by atoms with Gasteiger partial charge in [0.2, 0.25) is 0 Å². The predicted octanol–water partition coefficient (Wildman–Crippen LogP) is 2.78. The SMILES string of the molecule is COc1ccc(S)c2c(N)csc12. The third-order valence-electron chi connectivity index (χ3n) is 1.91. The second kappa shape index (κ2) is 3.12. The van der Waals surface area contributed by atoms with Gasteiger partial charge in [-0.25, -0.2) is 0 Å². The lowest BCUT2D eigenvalue weighted by molar-refractivity contribution is 0.420.